The number of fused-ring (bicyclic) bond motifs is 1. The number of rotatable bonds is 7. The van der Waals surface area contributed by atoms with Gasteiger partial charge in [0.2, 0.25) is 5.91 Å². The van der Waals surface area contributed by atoms with Crippen LogP contribution in [0, 0.1) is 13.8 Å². The van der Waals surface area contributed by atoms with Crippen LogP contribution < -0.4 is 14.4 Å². The van der Waals surface area contributed by atoms with Crippen LogP contribution in [0.3, 0.4) is 0 Å². The van der Waals surface area contributed by atoms with Crippen LogP contribution in [-0.2, 0) is 9.59 Å². The second kappa shape index (κ2) is 8.99. The average molecular weight is 396 g/mol. The Balaban J connectivity index is 1.51. The van der Waals surface area contributed by atoms with Gasteiger partial charge < -0.3 is 19.3 Å². The first kappa shape index (κ1) is 20.7. The van der Waals surface area contributed by atoms with E-state index < -0.39 is 6.10 Å². The molecule has 1 aliphatic heterocycles. The van der Waals surface area contributed by atoms with Crippen molar-refractivity contribution >= 4 is 17.5 Å². The Morgan fingerprint density at radius 2 is 1.86 bits per heavy atom. The first-order valence-electron chi connectivity index (χ1n) is 9.87. The maximum atomic E-state index is 12.5. The number of carbonyl (C=O) groups excluding carboxylic acids is 2. The molecule has 6 heteroatoms. The van der Waals surface area contributed by atoms with Crippen LogP contribution in [0.5, 0.6) is 11.5 Å². The zero-order valence-corrected chi connectivity index (χ0v) is 17.5. The summed E-state index contributed by atoms with van der Waals surface area (Å²) in [5.74, 6) is 1.32. The summed E-state index contributed by atoms with van der Waals surface area (Å²) in [6.45, 7) is 7.01. The average Bonchev–Trinajstić information content (AvgIpc) is 2.67. The quantitative estimate of drug-likeness (QED) is 0.720. The van der Waals surface area contributed by atoms with Gasteiger partial charge in [-0.15, -0.1) is 0 Å². The molecule has 1 aliphatic rings. The highest BCUT2D eigenvalue weighted by atomic mass is 16.5. The van der Waals surface area contributed by atoms with Gasteiger partial charge in [0.15, 0.2) is 6.10 Å². The molecule has 29 heavy (non-hydrogen) atoms. The molecule has 154 valence electrons. The number of carbonyl (C=O) groups is 2. The van der Waals surface area contributed by atoms with Crippen LogP contribution in [0.2, 0.25) is 0 Å². The first-order chi connectivity index (χ1) is 13.8. The normalized spacial score (nSPS) is 15.5. The number of hydrogen-bond donors (Lipinski definition) is 0. The van der Waals surface area contributed by atoms with E-state index >= 15 is 0 Å². The van der Waals surface area contributed by atoms with Crippen molar-refractivity contribution in [1.82, 2.24) is 4.90 Å². The van der Waals surface area contributed by atoms with E-state index in [4.69, 9.17) is 9.47 Å². The fourth-order valence-corrected chi connectivity index (χ4v) is 3.43. The van der Waals surface area contributed by atoms with Gasteiger partial charge in [-0.1, -0.05) is 18.2 Å². The SMILES string of the molecule is Cc1cc(C)cc(OCCN(C)C(=O)CCN2C(=O)C(C)Oc3ccccc32)c1. The van der Waals surface area contributed by atoms with Gasteiger partial charge in [0, 0.05) is 20.0 Å². The highest BCUT2D eigenvalue weighted by molar-refractivity contribution is 6.00. The highest BCUT2D eigenvalue weighted by Gasteiger charge is 2.31. The number of nitrogens with zero attached hydrogens (tertiary/aromatic N) is 2. The largest absolute Gasteiger partial charge is 0.492 e. The van der Waals surface area contributed by atoms with E-state index in [1.54, 1.807) is 23.8 Å². The molecule has 0 spiro atoms. The number of amides is 2. The minimum absolute atomic E-state index is 0.0292. The van der Waals surface area contributed by atoms with Crippen LogP contribution in [-0.4, -0.2) is 49.6 Å². The lowest BCUT2D eigenvalue weighted by Crippen LogP contribution is -2.46. The maximum Gasteiger partial charge on any atom is 0.267 e. The molecule has 0 fully saturated rings. The van der Waals surface area contributed by atoms with Gasteiger partial charge in [-0.3, -0.25) is 9.59 Å². The van der Waals surface area contributed by atoms with Gasteiger partial charge >= 0.3 is 0 Å². The summed E-state index contributed by atoms with van der Waals surface area (Å²) in [7, 11) is 1.75. The molecule has 2 amide bonds. The van der Waals surface area contributed by atoms with E-state index in [1.807, 2.05) is 50.2 Å². The summed E-state index contributed by atoms with van der Waals surface area (Å²) in [5, 5.41) is 0. The lowest BCUT2D eigenvalue weighted by atomic mass is 10.1. The highest BCUT2D eigenvalue weighted by Crippen LogP contribution is 2.33. The first-order valence-corrected chi connectivity index (χ1v) is 9.87. The van der Waals surface area contributed by atoms with Crippen LogP contribution in [0.15, 0.2) is 42.5 Å². The predicted molar refractivity (Wildman–Crippen MR) is 113 cm³/mol. The van der Waals surface area contributed by atoms with E-state index in [1.165, 1.54) is 0 Å². The molecule has 6 nitrogen and oxygen atoms in total. The van der Waals surface area contributed by atoms with Gasteiger partial charge in [-0.25, -0.2) is 0 Å². The van der Waals surface area contributed by atoms with E-state index in [2.05, 4.69) is 6.07 Å². The van der Waals surface area contributed by atoms with Crippen LogP contribution in [0.25, 0.3) is 0 Å². The molecule has 1 heterocycles. The number of para-hydroxylation sites is 2. The van der Waals surface area contributed by atoms with Crippen molar-refractivity contribution in [3.05, 3.63) is 53.6 Å². The topological polar surface area (TPSA) is 59.1 Å². The minimum Gasteiger partial charge on any atom is -0.492 e. The predicted octanol–water partition coefficient (Wildman–Crippen LogP) is 3.34. The summed E-state index contributed by atoms with van der Waals surface area (Å²) < 4.78 is 11.4. The summed E-state index contributed by atoms with van der Waals surface area (Å²) >= 11 is 0. The molecule has 3 rings (SSSR count). The van der Waals surface area contributed by atoms with Crippen LogP contribution in [0.1, 0.15) is 24.5 Å². The Morgan fingerprint density at radius 1 is 1.17 bits per heavy atom. The van der Waals surface area contributed by atoms with Gasteiger partial charge in [-0.2, -0.15) is 0 Å². The van der Waals surface area contributed by atoms with Crippen LogP contribution >= 0.6 is 0 Å². The van der Waals surface area contributed by atoms with E-state index in [0.717, 1.165) is 16.9 Å². The molecular formula is C23H28N2O4. The van der Waals surface area contributed by atoms with Crippen molar-refractivity contribution < 1.29 is 19.1 Å². The second-order valence-electron chi connectivity index (χ2n) is 7.45. The standard InChI is InChI=1S/C23H28N2O4/c1-16-13-17(2)15-19(14-16)28-12-11-24(4)22(26)9-10-25-20-7-5-6-8-21(20)29-18(3)23(25)27/h5-8,13-15,18H,9-12H2,1-4H3. The third kappa shape index (κ3) is 5.08. The van der Waals surface area contributed by atoms with Crippen LogP contribution in [0.4, 0.5) is 5.69 Å². The second-order valence-corrected chi connectivity index (χ2v) is 7.45. The molecule has 2 aromatic carbocycles. The fourth-order valence-electron chi connectivity index (χ4n) is 3.43. The third-order valence-corrected chi connectivity index (χ3v) is 4.94. The molecule has 0 N–H and O–H groups in total. The molecule has 0 saturated carbocycles. The fraction of sp³-hybridized carbons (Fsp3) is 0.391. The monoisotopic (exact) mass is 396 g/mol. The van der Waals surface area contributed by atoms with Gasteiger partial charge in [-0.05, 0) is 56.2 Å². The smallest absolute Gasteiger partial charge is 0.267 e. The molecule has 0 radical (unpaired) electrons. The molecule has 1 unspecified atom stereocenters. The number of anilines is 1. The van der Waals surface area contributed by atoms with Gasteiger partial charge in [0.25, 0.3) is 5.91 Å². The number of ether oxygens (including phenoxy) is 2. The number of hydrogen-bond acceptors (Lipinski definition) is 4. The Kier molecular flexibility index (Phi) is 6.42. The molecule has 2 aromatic rings. The minimum atomic E-state index is -0.552. The van der Waals surface area contributed by atoms with Crippen molar-refractivity contribution in [1.29, 1.82) is 0 Å². The van der Waals surface area contributed by atoms with Crippen molar-refractivity contribution in [3.63, 3.8) is 0 Å². The van der Waals surface area contributed by atoms with Crippen molar-refractivity contribution in [3.8, 4) is 11.5 Å². The van der Waals surface area contributed by atoms with Gasteiger partial charge in [0.1, 0.15) is 18.1 Å². The lowest BCUT2D eigenvalue weighted by molar-refractivity contribution is -0.130. The molecule has 0 saturated heterocycles. The lowest BCUT2D eigenvalue weighted by Gasteiger charge is -2.33. The summed E-state index contributed by atoms with van der Waals surface area (Å²) in [6, 6.07) is 13.5. The Hall–Kier alpha value is -3.02. The molecule has 0 aliphatic carbocycles. The number of benzene rings is 2. The molecule has 0 bridgehead atoms. The zero-order chi connectivity index (χ0) is 21.0. The van der Waals surface area contributed by atoms with Crippen molar-refractivity contribution in [2.75, 3.05) is 31.6 Å². The summed E-state index contributed by atoms with van der Waals surface area (Å²) in [5.41, 5.74) is 3.01. The number of aryl methyl sites for hydroxylation is 2. The third-order valence-electron chi connectivity index (χ3n) is 4.94. The van der Waals surface area contributed by atoms with Gasteiger partial charge in [0.05, 0.1) is 12.2 Å². The summed E-state index contributed by atoms with van der Waals surface area (Å²) in [4.78, 5) is 28.3. The Labute approximate surface area is 172 Å². The molecular weight excluding hydrogens is 368 g/mol. The Bertz CT molecular complexity index is 876. The Morgan fingerprint density at radius 3 is 2.59 bits per heavy atom. The zero-order valence-electron chi connectivity index (χ0n) is 17.5. The van der Waals surface area contributed by atoms with E-state index in [-0.39, 0.29) is 18.2 Å². The number of likely N-dealkylation sites (N-methyl/N-ethyl adjacent to an activating group) is 1. The molecule has 1 atom stereocenters. The van der Waals surface area contributed by atoms with E-state index in [0.29, 0.717) is 31.1 Å². The van der Waals surface area contributed by atoms with Crippen molar-refractivity contribution in [2.24, 2.45) is 0 Å². The van der Waals surface area contributed by atoms with Crippen molar-refractivity contribution in [2.45, 2.75) is 33.3 Å². The molecule has 0 aromatic heterocycles. The maximum absolute atomic E-state index is 12.5. The van der Waals surface area contributed by atoms with E-state index in [9.17, 15) is 9.59 Å². The summed E-state index contributed by atoms with van der Waals surface area (Å²) in [6.07, 6.45) is -0.309.